The Balaban J connectivity index is 1.61. The first-order chi connectivity index (χ1) is 12.6. The number of hydrogen-bond acceptors (Lipinski definition) is 6. The van der Waals surface area contributed by atoms with Crippen molar-refractivity contribution >= 4 is 7.82 Å². The Morgan fingerprint density at radius 2 is 1.81 bits per heavy atom. The van der Waals surface area contributed by atoms with E-state index in [9.17, 15) is 4.57 Å². The first-order valence-electron chi connectivity index (χ1n) is 9.41. The van der Waals surface area contributed by atoms with Crippen LogP contribution in [0.25, 0.3) is 0 Å². The molecule has 1 saturated heterocycles. The van der Waals surface area contributed by atoms with Gasteiger partial charge < -0.3 is 18.5 Å². The molecular formula is C19H27O6P. The molecular weight excluding hydrogens is 355 g/mol. The maximum atomic E-state index is 11.9. The second kappa shape index (κ2) is 8.83. The van der Waals surface area contributed by atoms with Crippen molar-refractivity contribution in [1.82, 2.24) is 0 Å². The van der Waals surface area contributed by atoms with Crippen molar-refractivity contribution in [3.63, 3.8) is 0 Å². The smallest absolute Gasteiger partial charge is 0.455 e. The van der Waals surface area contributed by atoms with Crippen molar-refractivity contribution in [2.75, 3.05) is 6.61 Å². The highest BCUT2D eigenvalue weighted by atomic mass is 31.2. The molecule has 1 aromatic carbocycles. The molecule has 2 aliphatic heterocycles. The van der Waals surface area contributed by atoms with Crippen LogP contribution in [0.15, 0.2) is 36.0 Å². The molecule has 0 saturated carbocycles. The molecule has 0 amide bonds. The standard InChI is InChI=1S/C19H27O6P/c1-3-5-7-9-18(23-19-17-14-21-26(20,24-17)25-19)22-16-12-10-15(11-13-16)8-6-4-2/h10-13,18H,3-9,14H2,1-2H3. The van der Waals surface area contributed by atoms with Gasteiger partial charge in [-0.25, -0.2) is 4.57 Å². The molecule has 3 rings (SSSR count). The highest BCUT2D eigenvalue weighted by molar-refractivity contribution is 7.49. The number of fused-ring (bicyclic) bond motifs is 2. The van der Waals surface area contributed by atoms with Gasteiger partial charge in [0.15, 0.2) is 0 Å². The van der Waals surface area contributed by atoms with E-state index in [2.05, 4.69) is 26.0 Å². The Morgan fingerprint density at radius 1 is 1.04 bits per heavy atom. The molecule has 2 bridgehead atoms. The largest absolute Gasteiger partial charge is 0.590 e. The van der Waals surface area contributed by atoms with E-state index < -0.39 is 14.1 Å². The van der Waals surface area contributed by atoms with Gasteiger partial charge in [0.05, 0.1) is 0 Å². The zero-order valence-corrected chi connectivity index (χ0v) is 16.3. The summed E-state index contributed by atoms with van der Waals surface area (Å²) in [6.45, 7) is 4.44. The molecule has 0 aromatic heterocycles. The molecule has 2 atom stereocenters. The lowest BCUT2D eigenvalue weighted by Gasteiger charge is -2.21. The highest BCUT2D eigenvalue weighted by Crippen LogP contribution is 2.63. The second-order valence-electron chi connectivity index (χ2n) is 6.52. The van der Waals surface area contributed by atoms with Gasteiger partial charge in [-0.05, 0) is 37.0 Å². The van der Waals surface area contributed by atoms with Gasteiger partial charge in [-0.1, -0.05) is 45.2 Å². The fourth-order valence-corrected chi connectivity index (χ4v) is 3.96. The summed E-state index contributed by atoms with van der Waals surface area (Å²) in [7, 11) is -3.48. The monoisotopic (exact) mass is 382 g/mol. The van der Waals surface area contributed by atoms with E-state index in [0.29, 0.717) is 12.2 Å². The zero-order chi connectivity index (χ0) is 18.4. The topological polar surface area (TPSA) is 63.2 Å². The molecule has 7 heteroatoms. The van der Waals surface area contributed by atoms with E-state index in [-0.39, 0.29) is 12.6 Å². The van der Waals surface area contributed by atoms with E-state index in [4.69, 9.17) is 23.0 Å². The van der Waals surface area contributed by atoms with Crippen LogP contribution in [0.1, 0.15) is 57.9 Å². The van der Waals surface area contributed by atoms with Crippen molar-refractivity contribution in [3.8, 4) is 5.75 Å². The van der Waals surface area contributed by atoms with Gasteiger partial charge in [0.2, 0.25) is 12.0 Å². The summed E-state index contributed by atoms with van der Waals surface area (Å²) < 4.78 is 39.0. The minimum absolute atomic E-state index is 0.112. The SMILES string of the molecule is CCCCCC(OC1=C2COP(=O)(O2)O1)Oc1ccc(CCCC)cc1. The Labute approximate surface area is 155 Å². The molecule has 2 heterocycles. The van der Waals surface area contributed by atoms with E-state index in [1.807, 2.05) is 12.1 Å². The normalized spacial score (nSPS) is 22.1. The molecule has 0 aliphatic carbocycles. The molecule has 26 heavy (non-hydrogen) atoms. The number of phosphoric acid groups is 1. The number of aryl methyl sites for hydroxylation is 1. The minimum Gasteiger partial charge on any atom is -0.455 e. The van der Waals surface area contributed by atoms with Gasteiger partial charge in [0, 0.05) is 6.42 Å². The first-order valence-corrected chi connectivity index (χ1v) is 10.9. The van der Waals surface area contributed by atoms with E-state index >= 15 is 0 Å². The Bertz CT molecular complexity index is 669. The molecule has 144 valence electrons. The van der Waals surface area contributed by atoms with E-state index in [0.717, 1.165) is 31.4 Å². The van der Waals surface area contributed by atoms with E-state index in [1.54, 1.807) is 0 Å². The molecule has 2 unspecified atom stereocenters. The van der Waals surface area contributed by atoms with Crippen molar-refractivity contribution in [2.24, 2.45) is 0 Å². The number of benzene rings is 1. The van der Waals surface area contributed by atoms with Crippen LogP contribution in [0.5, 0.6) is 5.75 Å². The van der Waals surface area contributed by atoms with Gasteiger partial charge >= 0.3 is 13.8 Å². The summed E-state index contributed by atoms with van der Waals surface area (Å²) in [6, 6.07) is 8.09. The number of ether oxygens (including phenoxy) is 2. The number of hydrogen-bond donors (Lipinski definition) is 0. The molecule has 1 fully saturated rings. The quantitative estimate of drug-likeness (QED) is 0.278. The van der Waals surface area contributed by atoms with Crippen molar-refractivity contribution < 1.29 is 27.6 Å². The van der Waals surface area contributed by atoms with Crippen molar-refractivity contribution in [3.05, 3.63) is 41.5 Å². The lowest BCUT2D eigenvalue weighted by molar-refractivity contribution is -0.0860. The maximum Gasteiger partial charge on any atom is 0.590 e. The van der Waals surface area contributed by atoms with Crippen molar-refractivity contribution in [2.45, 2.75) is 65.1 Å². The number of unbranched alkanes of at least 4 members (excludes halogenated alkanes) is 3. The lowest BCUT2D eigenvalue weighted by Crippen LogP contribution is -2.21. The minimum atomic E-state index is -3.48. The van der Waals surface area contributed by atoms with Crippen LogP contribution < -0.4 is 4.74 Å². The third-order valence-electron chi connectivity index (χ3n) is 4.29. The van der Waals surface area contributed by atoms with Crippen LogP contribution in [0.4, 0.5) is 0 Å². The molecule has 6 nitrogen and oxygen atoms in total. The number of rotatable bonds is 11. The summed E-state index contributed by atoms with van der Waals surface area (Å²) in [5.41, 5.74) is 1.30. The van der Waals surface area contributed by atoms with Crippen LogP contribution in [0.2, 0.25) is 0 Å². The third-order valence-corrected chi connectivity index (χ3v) is 5.57. The fourth-order valence-electron chi connectivity index (χ4n) is 2.80. The average molecular weight is 382 g/mol. The van der Waals surface area contributed by atoms with Gasteiger partial charge in [-0.2, -0.15) is 0 Å². The summed E-state index contributed by atoms with van der Waals surface area (Å²) in [5.74, 6) is 1.21. The highest BCUT2D eigenvalue weighted by Gasteiger charge is 2.49. The fraction of sp³-hybridized carbons (Fsp3) is 0.579. The van der Waals surface area contributed by atoms with Gasteiger partial charge in [0.25, 0.3) is 0 Å². The molecule has 0 spiro atoms. The van der Waals surface area contributed by atoms with Crippen LogP contribution >= 0.6 is 7.82 Å². The van der Waals surface area contributed by atoms with Gasteiger partial charge in [0.1, 0.15) is 12.4 Å². The lowest BCUT2D eigenvalue weighted by atomic mass is 10.1. The zero-order valence-electron chi connectivity index (χ0n) is 15.4. The van der Waals surface area contributed by atoms with Gasteiger partial charge in [-0.3, -0.25) is 4.52 Å². The predicted molar refractivity (Wildman–Crippen MR) is 97.5 cm³/mol. The first kappa shape index (κ1) is 19.1. The van der Waals surface area contributed by atoms with Crippen LogP contribution in [-0.4, -0.2) is 12.9 Å². The predicted octanol–water partition coefficient (Wildman–Crippen LogP) is 5.69. The number of phosphoric ester groups is 1. The summed E-state index contributed by atoms with van der Waals surface area (Å²) in [5, 5.41) is 0. The Morgan fingerprint density at radius 3 is 2.42 bits per heavy atom. The third kappa shape index (κ3) is 4.95. The second-order valence-corrected chi connectivity index (χ2v) is 8.04. The molecule has 0 N–H and O–H groups in total. The van der Waals surface area contributed by atoms with E-state index in [1.165, 1.54) is 18.4 Å². The molecule has 1 aromatic rings. The average Bonchev–Trinajstić information content (AvgIpc) is 3.16. The summed E-state index contributed by atoms with van der Waals surface area (Å²) in [6.07, 6.45) is 6.77. The van der Waals surface area contributed by atoms with Gasteiger partial charge in [-0.15, -0.1) is 0 Å². The van der Waals surface area contributed by atoms with Crippen molar-refractivity contribution in [1.29, 1.82) is 0 Å². The summed E-state index contributed by atoms with van der Waals surface area (Å²) in [4.78, 5) is 0. The molecule has 2 aliphatic rings. The van der Waals surface area contributed by atoms with Crippen LogP contribution in [0, 0.1) is 0 Å². The Kier molecular flexibility index (Phi) is 6.49. The summed E-state index contributed by atoms with van der Waals surface area (Å²) >= 11 is 0. The maximum absolute atomic E-state index is 11.9. The Hall–Kier alpha value is -1.65. The molecule has 0 radical (unpaired) electrons. The van der Waals surface area contributed by atoms with Crippen LogP contribution in [-0.2, 0) is 29.3 Å². The van der Waals surface area contributed by atoms with Crippen LogP contribution in [0.3, 0.4) is 0 Å².